The Morgan fingerprint density at radius 1 is 1.41 bits per heavy atom. The summed E-state index contributed by atoms with van der Waals surface area (Å²) in [6, 6.07) is 8.13. The van der Waals surface area contributed by atoms with Crippen LogP contribution >= 0.6 is 0 Å². The molecule has 0 saturated carbocycles. The molecule has 0 aliphatic carbocycles. The number of H-pyrrole nitrogens is 1. The molecule has 17 heavy (non-hydrogen) atoms. The van der Waals surface area contributed by atoms with Gasteiger partial charge in [0.2, 0.25) is 0 Å². The summed E-state index contributed by atoms with van der Waals surface area (Å²) in [7, 11) is 1.85. The molecule has 1 heterocycles. The largest absolute Gasteiger partial charge is 0.494 e. The smallest absolute Gasteiger partial charge is 0.200 e. The quantitative estimate of drug-likeness (QED) is 0.831. The first-order chi connectivity index (χ1) is 8.31. The fraction of sp³-hybridized carbons (Fsp3) is 0.308. The van der Waals surface area contributed by atoms with E-state index in [1.54, 1.807) is 0 Å². The van der Waals surface area contributed by atoms with E-state index in [4.69, 9.17) is 4.74 Å². The summed E-state index contributed by atoms with van der Waals surface area (Å²) >= 11 is 0. The highest BCUT2D eigenvalue weighted by Gasteiger charge is 2.01. The van der Waals surface area contributed by atoms with E-state index in [2.05, 4.69) is 27.4 Å². The summed E-state index contributed by atoms with van der Waals surface area (Å²) in [5, 5.41) is 2.97. The molecule has 0 atom stereocenters. The Morgan fingerprint density at radius 3 is 3.00 bits per heavy atom. The second kappa shape index (κ2) is 5.39. The van der Waals surface area contributed by atoms with Crippen LogP contribution in [0.4, 0.5) is 5.95 Å². The maximum absolute atomic E-state index is 5.47. The van der Waals surface area contributed by atoms with E-state index in [-0.39, 0.29) is 0 Å². The molecule has 1 aromatic heterocycles. The van der Waals surface area contributed by atoms with E-state index >= 15 is 0 Å². The van der Waals surface area contributed by atoms with Gasteiger partial charge in [0.25, 0.3) is 0 Å². The minimum Gasteiger partial charge on any atom is -0.494 e. The minimum atomic E-state index is 0.692. The molecule has 0 fully saturated rings. The molecule has 90 valence electrons. The molecule has 0 unspecified atom stereocenters. The van der Waals surface area contributed by atoms with Gasteiger partial charge in [-0.15, -0.1) is 0 Å². The average Bonchev–Trinajstić information content (AvgIpc) is 2.78. The van der Waals surface area contributed by atoms with Gasteiger partial charge in [0, 0.05) is 19.2 Å². The zero-order valence-corrected chi connectivity index (χ0v) is 10.2. The first-order valence-electron chi connectivity index (χ1n) is 5.75. The van der Waals surface area contributed by atoms with Gasteiger partial charge in [-0.25, -0.2) is 4.98 Å². The number of hydrogen-bond donors (Lipinski definition) is 2. The maximum atomic E-state index is 5.47. The molecule has 2 rings (SSSR count). The number of nitrogens with one attached hydrogen (secondary N) is 2. The van der Waals surface area contributed by atoms with Crippen LogP contribution in [0, 0.1) is 0 Å². The van der Waals surface area contributed by atoms with Gasteiger partial charge in [0.1, 0.15) is 5.75 Å². The van der Waals surface area contributed by atoms with Gasteiger partial charge in [-0.3, -0.25) is 0 Å². The van der Waals surface area contributed by atoms with Crippen LogP contribution in [-0.4, -0.2) is 23.6 Å². The molecule has 0 radical (unpaired) electrons. The molecule has 4 nitrogen and oxygen atoms in total. The molecule has 0 spiro atoms. The molecule has 2 aromatic rings. The lowest BCUT2D eigenvalue weighted by atomic mass is 10.1. The van der Waals surface area contributed by atoms with Crippen molar-refractivity contribution in [3.63, 3.8) is 0 Å². The molecule has 0 bridgehead atoms. The molecule has 0 saturated heterocycles. The van der Waals surface area contributed by atoms with Crippen molar-refractivity contribution < 1.29 is 4.74 Å². The summed E-state index contributed by atoms with van der Waals surface area (Å²) in [5.41, 5.74) is 2.30. The van der Waals surface area contributed by atoms with Gasteiger partial charge in [-0.2, -0.15) is 0 Å². The third kappa shape index (κ3) is 3.00. The molecule has 0 aliphatic heterocycles. The molecular weight excluding hydrogens is 214 g/mol. The number of aromatic amines is 1. The van der Waals surface area contributed by atoms with E-state index < -0.39 is 0 Å². The van der Waals surface area contributed by atoms with Gasteiger partial charge in [-0.05, 0) is 24.6 Å². The van der Waals surface area contributed by atoms with Crippen LogP contribution in [0.25, 0.3) is 0 Å². The summed E-state index contributed by atoms with van der Waals surface area (Å²) in [4.78, 5) is 7.39. The second-order valence-electron chi connectivity index (χ2n) is 3.76. The van der Waals surface area contributed by atoms with Crippen molar-refractivity contribution in [2.75, 3.05) is 19.0 Å². The van der Waals surface area contributed by atoms with Gasteiger partial charge < -0.3 is 15.0 Å². The Hall–Kier alpha value is -1.97. The summed E-state index contributed by atoms with van der Waals surface area (Å²) < 4.78 is 5.47. The van der Waals surface area contributed by atoms with Crippen molar-refractivity contribution >= 4 is 5.95 Å². The number of aromatic nitrogens is 2. The Kier molecular flexibility index (Phi) is 3.65. The predicted molar refractivity (Wildman–Crippen MR) is 68.6 cm³/mol. The number of hydrogen-bond acceptors (Lipinski definition) is 3. The van der Waals surface area contributed by atoms with Crippen LogP contribution < -0.4 is 10.1 Å². The molecule has 2 N–H and O–H groups in total. The topological polar surface area (TPSA) is 49.9 Å². The first kappa shape index (κ1) is 11.5. The SMILES string of the molecule is CCOc1cccc(Cc2cnc(NC)[nH]2)c1. The van der Waals surface area contributed by atoms with Crippen LogP contribution in [0.3, 0.4) is 0 Å². The second-order valence-corrected chi connectivity index (χ2v) is 3.76. The zero-order valence-electron chi connectivity index (χ0n) is 10.2. The van der Waals surface area contributed by atoms with Crippen LogP contribution in [-0.2, 0) is 6.42 Å². The van der Waals surface area contributed by atoms with Crippen LogP contribution in [0.15, 0.2) is 30.5 Å². The standard InChI is InChI=1S/C13H17N3O/c1-3-17-12-6-4-5-10(8-12)7-11-9-15-13(14-2)16-11/h4-6,8-9H,3,7H2,1-2H3,(H2,14,15,16). The Labute approximate surface area is 101 Å². The van der Waals surface area contributed by atoms with Gasteiger partial charge in [-0.1, -0.05) is 12.1 Å². The Balaban J connectivity index is 2.09. The molecule has 0 amide bonds. The van der Waals surface area contributed by atoms with Crippen molar-refractivity contribution in [2.45, 2.75) is 13.3 Å². The number of ether oxygens (including phenoxy) is 1. The van der Waals surface area contributed by atoms with Crippen LogP contribution in [0.5, 0.6) is 5.75 Å². The number of nitrogens with zero attached hydrogens (tertiary/aromatic N) is 1. The van der Waals surface area contributed by atoms with Crippen LogP contribution in [0.1, 0.15) is 18.2 Å². The van der Waals surface area contributed by atoms with Crippen molar-refractivity contribution in [3.8, 4) is 5.75 Å². The first-order valence-corrected chi connectivity index (χ1v) is 5.75. The Morgan fingerprint density at radius 2 is 2.29 bits per heavy atom. The van der Waals surface area contributed by atoms with Gasteiger partial charge >= 0.3 is 0 Å². The van der Waals surface area contributed by atoms with Crippen molar-refractivity contribution in [1.29, 1.82) is 0 Å². The lowest BCUT2D eigenvalue weighted by Crippen LogP contribution is -1.94. The van der Waals surface area contributed by atoms with Crippen molar-refractivity contribution in [3.05, 3.63) is 41.7 Å². The van der Waals surface area contributed by atoms with E-state index in [1.807, 2.05) is 32.3 Å². The molecular formula is C13H17N3O. The van der Waals surface area contributed by atoms with Gasteiger partial charge in [0.15, 0.2) is 5.95 Å². The minimum absolute atomic E-state index is 0.692. The third-order valence-electron chi connectivity index (χ3n) is 2.47. The summed E-state index contributed by atoms with van der Waals surface area (Å²) in [5.74, 6) is 1.71. The number of rotatable bonds is 5. The lowest BCUT2D eigenvalue weighted by Gasteiger charge is -2.05. The van der Waals surface area contributed by atoms with Crippen molar-refractivity contribution in [2.24, 2.45) is 0 Å². The number of benzene rings is 1. The van der Waals surface area contributed by atoms with E-state index in [0.29, 0.717) is 6.61 Å². The monoisotopic (exact) mass is 231 g/mol. The van der Waals surface area contributed by atoms with Crippen molar-refractivity contribution in [1.82, 2.24) is 9.97 Å². The Bertz CT molecular complexity index is 479. The summed E-state index contributed by atoms with van der Waals surface area (Å²) in [6.45, 7) is 2.68. The average molecular weight is 231 g/mol. The van der Waals surface area contributed by atoms with Crippen LogP contribution in [0.2, 0.25) is 0 Å². The third-order valence-corrected chi connectivity index (χ3v) is 2.47. The number of imidazole rings is 1. The van der Waals surface area contributed by atoms with Gasteiger partial charge in [0.05, 0.1) is 12.8 Å². The molecule has 1 aromatic carbocycles. The van der Waals surface area contributed by atoms with E-state index in [9.17, 15) is 0 Å². The highest BCUT2D eigenvalue weighted by atomic mass is 16.5. The predicted octanol–water partition coefficient (Wildman–Crippen LogP) is 2.44. The number of anilines is 1. The lowest BCUT2D eigenvalue weighted by molar-refractivity contribution is 0.340. The molecule has 0 aliphatic rings. The van der Waals surface area contributed by atoms with E-state index in [0.717, 1.165) is 23.8 Å². The fourth-order valence-electron chi connectivity index (χ4n) is 1.71. The molecule has 4 heteroatoms. The zero-order chi connectivity index (χ0) is 12.1. The highest BCUT2D eigenvalue weighted by Crippen LogP contribution is 2.16. The van der Waals surface area contributed by atoms with E-state index in [1.165, 1.54) is 5.56 Å². The summed E-state index contributed by atoms with van der Waals surface area (Å²) in [6.07, 6.45) is 2.68. The normalized spacial score (nSPS) is 10.2. The maximum Gasteiger partial charge on any atom is 0.200 e. The fourth-order valence-corrected chi connectivity index (χ4v) is 1.71. The highest BCUT2D eigenvalue weighted by molar-refractivity contribution is 5.33.